The average Bonchev–Trinajstić information content (AvgIpc) is 2.52. The van der Waals surface area contributed by atoms with Gasteiger partial charge in [-0.15, -0.1) is 12.4 Å². The van der Waals surface area contributed by atoms with Crippen molar-refractivity contribution in [1.82, 2.24) is 15.1 Å². The van der Waals surface area contributed by atoms with Crippen LogP contribution in [0.15, 0.2) is 0 Å². The summed E-state index contributed by atoms with van der Waals surface area (Å²) in [6.45, 7) is 8.15. The lowest BCUT2D eigenvalue weighted by molar-refractivity contribution is -0.137. The summed E-state index contributed by atoms with van der Waals surface area (Å²) in [7, 11) is 1.98. The number of piperidine rings is 1. The molecule has 6 heteroatoms. The van der Waals surface area contributed by atoms with Crippen LogP contribution in [0.5, 0.6) is 0 Å². The van der Waals surface area contributed by atoms with E-state index in [9.17, 15) is 9.59 Å². The van der Waals surface area contributed by atoms with Gasteiger partial charge in [0.05, 0.1) is 0 Å². The molecule has 0 aromatic heterocycles. The summed E-state index contributed by atoms with van der Waals surface area (Å²) in [5.41, 5.74) is 0. The first-order valence-electron chi connectivity index (χ1n) is 8.32. The summed E-state index contributed by atoms with van der Waals surface area (Å²) in [6, 6.07) is 0. The van der Waals surface area contributed by atoms with E-state index in [1.807, 2.05) is 25.8 Å². The zero-order chi connectivity index (χ0) is 15.7. The lowest BCUT2D eigenvalue weighted by atomic mass is 9.93. The first-order chi connectivity index (χ1) is 10.1. The van der Waals surface area contributed by atoms with E-state index in [1.165, 1.54) is 6.42 Å². The number of hydrogen-bond donors (Lipinski definition) is 1. The molecule has 1 fully saturated rings. The molecule has 1 rings (SSSR count). The van der Waals surface area contributed by atoms with Gasteiger partial charge >= 0.3 is 0 Å². The summed E-state index contributed by atoms with van der Waals surface area (Å²) in [5, 5.41) is 3.18. The topological polar surface area (TPSA) is 52.7 Å². The summed E-state index contributed by atoms with van der Waals surface area (Å²) in [5.74, 6) is 0.971. The van der Waals surface area contributed by atoms with Crippen LogP contribution in [-0.4, -0.2) is 61.4 Å². The van der Waals surface area contributed by atoms with Crippen molar-refractivity contribution in [2.75, 3.05) is 39.8 Å². The molecule has 0 saturated carbocycles. The molecule has 0 aromatic rings. The molecular weight excluding hydrogens is 302 g/mol. The van der Waals surface area contributed by atoms with Crippen molar-refractivity contribution in [3.8, 4) is 0 Å². The van der Waals surface area contributed by atoms with Crippen molar-refractivity contribution in [2.24, 2.45) is 5.92 Å². The number of carbonyl (C=O) groups is 2. The van der Waals surface area contributed by atoms with Gasteiger partial charge in [0.15, 0.2) is 0 Å². The van der Waals surface area contributed by atoms with E-state index in [2.05, 4.69) is 5.32 Å². The van der Waals surface area contributed by atoms with Gasteiger partial charge in [0, 0.05) is 39.0 Å². The molecule has 0 radical (unpaired) electrons. The third kappa shape index (κ3) is 6.97. The third-order valence-corrected chi connectivity index (χ3v) is 4.44. The molecule has 0 spiro atoms. The van der Waals surface area contributed by atoms with Gasteiger partial charge in [-0.2, -0.15) is 0 Å². The van der Waals surface area contributed by atoms with Crippen LogP contribution in [0.2, 0.25) is 0 Å². The van der Waals surface area contributed by atoms with Crippen molar-refractivity contribution in [1.29, 1.82) is 0 Å². The van der Waals surface area contributed by atoms with E-state index >= 15 is 0 Å². The second kappa shape index (κ2) is 11.7. The van der Waals surface area contributed by atoms with Crippen LogP contribution in [0.25, 0.3) is 0 Å². The summed E-state index contributed by atoms with van der Waals surface area (Å²) < 4.78 is 0. The van der Waals surface area contributed by atoms with Gasteiger partial charge in [0.2, 0.25) is 11.8 Å². The van der Waals surface area contributed by atoms with Gasteiger partial charge in [-0.3, -0.25) is 9.59 Å². The molecule has 5 nitrogen and oxygen atoms in total. The molecule has 130 valence electrons. The Morgan fingerprint density at radius 3 is 2.23 bits per heavy atom. The fourth-order valence-electron chi connectivity index (χ4n) is 2.93. The Labute approximate surface area is 141 Å². The summed E-state index contributed by atoms with van der Waals surface area (Å²) in [4.78, 5) is 27.8. The SMILES string of the molecule is CCN(CC)C(=O)CCC(=O)N1CCC(CCNC)CC1.Cl. The van der Waals surface area contributed by atoms with Crippen molar-refractivity contribution in [2.45, 2.75) is 46.0 Å². The number of rotatable bonds is 8. The second-order valence-corrected chi connectivity index (χ2v) is 5.78. The van der Waals surface area contributed by atoms with Crippen molar-refractivity contribution >= 4 is 24.2 Å². The minimum atomic E-state index is 0. The maximum atomic E-state index is 12.2. The van der Waals surface area contributed by atoms with E-state index in [0.717, 1.165) is 51.5 Å². The molecule has 1 aliphatic rings. The highest BCUT2D eigenvalue weighted by molar-refractivity contribution is 5.85. The minimum Gasteiger partial charge on any atom is -0.343 e. The third-order valence-electron chi connectivity index (χ3n) is 4.44. The smallest absolute Gasteiger partial charge is 0.223 e. The summed E-state index contributed by atoms with van der Waals surface area (Å²) in [6.07, 6.45) is 4.09. The predicted octanol–water partition coefficient (Wildman–Crippen LogP) is 1.90. The molecule has 0 unspecified atom stereocenters. The highest BCUT2D eigenvalue weighted by atomic mass is 35.5. The fourth-order valence-corrected chi connectivity index (χ4v) is 2.93. The Kier molecular flexibility index (Phi) is 11.3. The Bertz CT molecular complexity index is 327. The Morgan fingerprint density at radius 2 is 1.73 bits per heavy atom. The van der Waals surface area contributed by atoms with Crippen molar-refractivity contribution < 1.29 is 9.59 Å². The van der Waals surface area contributed by atoms with Crippen LogP contribution < -0.4 is 5.32 Å². The fraction of sp³-hybridized carbons (Fsp3) is 0.875. The average molecular weight is 334 g/mol. The number of hydrogen-bond acceptors (Lipinski definition) is 3. The van der Waals surface area contributed by atoms with E-state index in [-0.39, 0.29) is 24.2 Å². The Hall–Kier alpha value is -0.810. The van der Waals surface area contributed by atoms with E-state index in [1.54, 1.807) is 4.90 Å². The van der Waals surface area contributed by atoms with Crippen LogP contribution in [0, 0.1) is 5.92 Å². The number of nitrogens with one attached hydrogen (secondary N) is 1. The minimum absolute atomic E-state index is 0. The normalized spacial score (nSPS) is 15.3. The monoisotopic (exact) mass is 333 g/mol. The first-order valence-corrected chi connectivity index (χ1v) is 8.32. The molecule has 0 aliphatic carbocycles. The van der Waals surface area contributed by atoms with Gasteiger partial charge in [-0.1, -0.05) is 0 Å². The molecule has 22 heavy (non-hydrogen) atoms. The molecular formula is C16H32ClN3O2. The molecule has 1 N–H and O–H groups in total. The van der Waals surface area contributed by atoms with Crippen molar-refractivity contribution in [3.05, 3.63) is 0 Å². The predicted molar refractivity (Wildman–Crippen MR) is 92.3 cm³/mol. The van der Waals surface area contributed by atoms with Gasteiger partial charge in [0.25, 0.3) is 0 Å². The standard InChI is InChI=1S/C16H31N3O2.ClH/c1-4-18(5-2)15(20)6-7-16(21)19-12-9-14(10-13-19)8-11-17-3;/h14,17H,4-13H2,1-3H3;1H. The van der Waals surface area contributed by atoms with E-state index < -0.39 is 0 Å². The maximum Gasteiger partial charge on any atom is 0.223 e. The number of nitrogens with zero attached hydrogens (tertiary/aromatic N) is 2. The maximum absolute atomic E-state index is 12.2. The van der Waals surface area contributed by atoms with Crippen LogP contribution in [0.1, 0.15) is 46.0 Å². The van der Waals surface area contributed by atoms with Crippen LogP contribution >= 0.6 is 12.4 Å². The quantitative estimate of drug-likeness (QED) is 0.738. The number of amides is 2. The first kappa shape index (κ1) is 21.2. The van der Waals surface area contributed by atoms with Crippen LogP contribution in [-0.2, 0) is 9.59 Å². The summed E-state index contributed by atoms with van der Waals surface area (Å²) >= 11 is 0. The molecule has 1 heterocycles. The lowest BCUT2D eigenvalue weighted by Gasteiger charge is -2.32. The van der Waals surface area contributed by atoms with Crippen LogP contribution in [0.4, 0.5) is 0 Å². The molecule has 0 atom stereocenters. The highest BCUT2D eigenvalue weighted by Crippen LogP contribution is 2.20. The van der Waals surface area contributed by atoms with Crippen molar-refractivity contribution in [3.63, 3.8) is 0 Å². The largest absolute Gasteiger partial charge is 0.343 e. The second-order valence-electron chi connectivity index (χ2n) is 5.78. The number of halogens is 1. The van der Waals surface area contributed by atoms with Gasteiger partial charge < -0.3 is 15.1 Å². The Morgan fingerprint density at radius 1 is 1.14 bits per heavy atom. The van der Waals surface area contributed by atoms with Crippen LogP contribution in [0.3, 0.4) is 0 Å². The lowest BCUT2D eigenvalue weighted by Crippen LogP contribution is -2.39. The molecule has 0 bridgehead atoms. The number of carbonyl (C=O) groups excluding carboxylic acids is 2. The molecule has 1 aliphatic heterocycles. The van der Waals surface area contributed by atoms with Gasteiger partial charge in [-0.25, -0.2) is 0 Å². The molecule has 2 amide bonds. The number of likely N-dealkylation sites (tertiary alicyclic amines) is 1. The molecule has 1 saturated heterocycles. The Balaban J connectivity index is 0.00000441. The zero-order valence-corrected chi connectivity index (χ0v) is 15.1. The highest BCUT2D eigenvalue weighted by Gasteiger charge is 2.23. The van der Waals surface area contributed by atoms with Gasteiger partial charge in [-0.05, 0) is 52.6 Å². The molecule has 0 aromatic carbocycles. The van der Waals surface area contributed by atoms with E-state index in [0.29, 0.717) is 12.8 Å². The zero-order valence-electron chi connectivity index (χ0n) is 14.3. The van der Waals surface area contributed by atoms with E-state index in [4.69, 9.17) is 0 Å². The van der Waals surface area contributed by atoms with Gasteiger partial charge in [0.1, 0.15) is 0 Å².